The van der Waals surface area contributed by atoms with E-state index in [9.17, 15) is 4.79 Å². The van der Waals surface area contributed by atoms with Crippen LogP contribution in [0.2, 0.25) is 0 Å². The predicted octanol–water partition coefficient (Wildman–Crippen LogP) is 3.29. The Morgan fingerprint density at radius 2 is 1.91 bits per heavy atom. The van der Waals surface area contributed by atoms with E-state index < -0.39 is 11.7 Å². The van der Waals surface area contributed by atoms with Crippen LogP contribution in [0, 0.1) is 5.41 Å². The van der Waals surface area contributed by atoms with Gasteiger partial charge in [0.25, 0.3) is 0 Å². The van der Waals surface area contributed by atoms with Gasteiger partial charge in [0, 0.05) is 30.2 Å². The van der Waals surface area contributed by atoms with Crippen LogP contribution in [0.15, 0.2) is 42.6 Å². The lowest BCUT2D eigenvalue weighted by Crippen LogP contribution is -2.45. The maximum Gasteiger partial charge on any atom is 0.235 e. The van der Waals surface area contributed by atoms with Crippen molar-refractivity contribution in [1.29, 1.82) is 0 Å². The fourth-order valence-corrected chi connectivity index (χ4v) is 3.73. The van der Waals surface area contributed by atoms with Gasteiger partial charge in [-0.2, -0.15) is 11.8 Å². The second kappa shape index (κ2) is 10.5. The van der Waals surface area contributed by atoms with E-state index in [-0.39, 0.29) is 19.1 Å². The first-order chi connectivity index (χ1) is 15.6. The van der Waals surface area contributed by atoms with Crippen molar-refractivity contribution < 1.29 is 28.5 Å². The zero-order valence-corrected chi connectivity index (χ0v) is 19.1. The molecule has 4 rings (SSSR count). The number of carbonyl (C=O) groups is 1. The SMILES string of the molecule is COCCOc1ccc(NC(=O)C2(C)COC(c3ccc(OC4CSC4)cc3)OC2)cn1. The van der Waals surface area contributed by atoms with Crippen LogP contribution in [0.5, 0.6) is 11.6 Å². The van der Waals surface area contributed by atoms with Crippen LogP contribution in [0.4, 0.5) is 5.69 Å². The first kappa shape index (κ1) is 22.8. The number of rotatable bonds is 9. The fraction of sp³-hybridized carbons (Fsp3) is 0.478. The molecule has 172 valence electrons. The second-order valence-electron chi connectivity index (χ2n) is 8.04. The van der Waals surface area contributed by atoms with Crippen LogP contribution < -0.4 is 14.8 Å². The molecule has 2 aliphatic heterocycles. The van der Waals surface area contributed by atoms with Gasteiger partial charge in [0.15, 0.2) is 6.29 Å². The molecule has 0 saturated carbocycles. The molecule has 0 bridgehead atoms. The van der Waals surface area contributed by atoms with Crippen LogP contribution in [-0.2, 0) is 19.0 Å². The normalized spacial score (nSPS) is 23.2. The maximum absolute atomic E-state index is 12.8. The first-order valence-electron chi connectivity index (χ1n) is 10.5. The maximum atomic E-state index is 12.8. The van der Waals surface area contributed by atoms with E-state index in [0.29, 0.717) is 30.9 Å². The highest BCUT2D eigenvalue weighted by atomic mass is 32.2. The second-order valence-corrected chi connectivity index (χ2v) is 9.12. The Kier molecular flexibility index (Phi) is 7.51. The monoisotopic (exact) mass is 460 g/mol. The Balaban J connectivity index is 1.27. The van der Waals surface area contributed by atoms with Crippen molar-refractivity contribution >= 4 is 23.4 Å². The summed E-state index contributed by atoms with van der Waals surface area (Å²) in [6, 6.07) is 11.2. The molecule has 1 N–H and O–H groups in total. The van der Waals surface area contributed by atoms with E-state index in [1.807, 2.05) is 43.0 Å². The van der Waals surface area contributed by atoms with E-state index in [1.165, 1.54) is 0 Å². The molecule has 0 unspecified atom stereocenters. The summed E-state index contributed by atoms with van der Waals surface area (Å²) in [5.41, 5.74) is 0.670. The van der Waals surface area contributed by atoms with Crippen molar-refractivity contribution in [2.45, 2.75) is 19.3 Å². The van der Waals surface area contributed by atoms with Crippen molar-refractivity contribution in [2.24, 2.45) is 5.41 Å². The molecule has 0 atom stereocenters. The highest BCUT2D eigenvalue weighted by Gasteiger charge is 2.40. The van der Waals surface area contributed by atoms with Gasteiger partial charge in [0.2, 0.25) is 11.8 Å². The summed E-state index contributed by atoms with van der Waals surface area (Å²) in [6.07, 6.45) is 1.36. The average molecular weight is 461 g/mol. The number of nitrogens with one attached hydrogen (secondary N) is 1. The van der Waals surface area contributed by atoms with Gasteiger partial charge >= 0.3 is 0 Å². The Hall–Kier alpha value is -2.33. The first-order valence-corrected chi connectivity index (χ1v) is 11.7. The van der Waals surface area contributed by atoms with Crippen LogP contribution in [0.25, 0.3) is 0 Å². The zero-order chi connectivity index (χ0) is 22.4. The molecule has 1 amide bonds. The number of anilines is 1. The van der Waals surface area contributed by atoms with Crippen LogP contribution in [0.1, 0.15) is 18.8 Å². The summed E-state index contributed by atoms with van der Waals surface area (Å²) in [5.74, 6) is 3.22. The van der Waals surface area contributed by atoms with Crippen molar-refractivity contribution in [3.8, 4) is 11.6 Å². The van der Waals surface area contributed by atoms with Gasteiger partial charge in [-0.1, -0.05) is 12.1 Å². The highest BCUT2D eigenvalue weighted by molar-refractivity contribution is 8.00. The highest BCUT2D eigenvalue weighted by Crippen LogP contribution is 2.33. The standard InChI is InChI=1S/C23H28N2O6S/c1-23(22(26)25-17-5-8-20(24-11-17)28-10-9-27-2)14-29-21(30-15-23)16-3-6-18(7-4-16)31-19-12-32-13-19/h3-8,11,19,21H,9-10,12-15H2,1-2H3,(H,25,26). The number of thioether (sulfide) groups is 1. The third-order valence-electron chi connectivity index (χ3n) is 5.25. The Morgan fingerprint density at radius 1 is 1.16 bits per heavy atom. The van der Waals surface area contributed by atoms with Crippen molar-refractivity contribution in [3.05, 3.63) is 48.2 Å². The quantitative estimate of drug-likeness (QED) is 0.571. The fourth-order valence-electron chi connectivity index (χ4n) is 3.16. The third-order valence-corrected chi connectivity index (χ3v) is 6.46. The predicted molar refractivity (Wildman–Crippen MR) is 121 cm³/mol. The number of aromatic nitrogens is 1. The average Bonchev–Trinajstić information content (AvgIpc) is 2.79. The summed E-state index contributed by atoms with van der Waals surface area (Å²) >= 11 is 1.89. The molecule has 0 aliphatic carbocycles. The molecule has 0 radical (unpaired) electrons. The summed E-state index contributed by atoms with van der Waals surface area (Å²) in [5, 5.41) is 2.88. The molecule has 2 aromatic rings. The number of benzene rings is 1. The number of ether oxygens (including phenoxy) is 5. The van der Waals surface area contributed by atoms with Gasteiger partial charge in [-0.25, -0.2) is 4.98 Å². The summed E-state index contributed by atoms with van der Waals surface area (Å²) in [4.78, 5) is 17.0. The van der Waals surface area contributed by atoms with Gasteiger partial charge in [-0.15, -0.1) is 0 Å². The van der Waals surface area contributed by atoms with E-state index in [0.717, 1.165) is 22.8 Å². The van der Waals surface area contributed by atoms with Gasteiger partial charge < -0.3 is 29.0 Å². The molecule has 3 heterocycles. The lowest BCUT2D eigenvalue weighted by Gasteiger charge is -2.36. The molecule has 1 aromatic heterocycles. The lowest BCUT2D eigenvalue weighted by atomic mass is 9.90. The van der Waals surface area contributed by atoms with Crippen molar-refractivity contribution in [1.82, 2.24) is 4.98 Å². The lowest BCUT2D eigenvalue weighted by molar-refractivity contribution is -0.226. The summed E-state index contributed by atoms with van der Waals surface area (Å²) < 4.78 is 28.0. The smallest absolute Gasteiger partial charge is 0.235 e. The molecule has 1 aromatic carbocycles. The molecule has 2 saturated heterocycles. The minimum Gasteiger partial charge on any atom is -0.489 e. The van der Waals surface area contributed by atoms with Crippen molar-refractivity contribution in [2.75, 3.05) is 50.4 Å². The number of carbonyl (C=O) groups excluding carboxylic acids is 1. The zero-order valence-electron chi connectivity index (χ0n) is 18.2. The molecule has 32 heavy (non-hydrogen) atoms. The van der Waals surface area contributed by atoms with Crippen LogP contribution in [-0.4, -0.2) is 62.0 Å². The Labute approximate surface area is 191 Å². The van der Waals surface area contributed by atoms with E-state index in [4.69, 9.17) is 23.7 Å². The van der Waals surface area contributed by atoms with Gasteiger partial charge in [-0.3, -0.25) is 4.79 Å². The largest absolute Gasteiger partial charge is 0.489 e. The molecule has 8 nitrogen and oxygen atoms in total. The Morgan fingerprint density at radius 3 is 2.50 bits per heavy atom. The molecular weight excluding hydrogens is 432 g/mol. The molecule has 2 aliphatic rings. The molecular formula is C23H28N2O6S. The number of amides is 1. The molecule has 0 spiro atoms. The molecule has 9 heteroatoms. The third kappa shape index (κ3) is 5.72. The molecule has 2 fully saturated rings. The van der Waals surface area contributed by atoms with Crippen molar-refractivity contribution in [3.63, 3.8) is 0 Å². The topological polar surface area (TPSA) is 88.1 Å². The Bertz CT molecular complexity index is 880. The minimum atomic E-state index is -0.810. The van der Waals surface area contributed by atoms with Crippen LogP contribution >= 0.6 is 11.8 Å². The number of nitrogens with zero attached hydrogens (tertiary/aromatic N) is 1. The van der Waals surface area contributed by atoms with Gasteiger partial charge in [0.1, 0.15) is 18.5 Å². The van der Waals surface area contributed by atoms with Crippen LogP contribution in [0.3, 0.4) is 0 Å². The number of methoxy groups -OCH3 is 1. The minimum absolute atomic E-state index is 0.187. The number of hydrogen-bond acceptors (Lipinski definition) is 8. The number of hydrogen-bond donors (Lipinski definition) is 1. The number of pyridine rings is 1. The van der Waals surface area contributed by atoms with Gasteiger partial charge in [-0.05, 0) is 25.1 Å². The van der Waals surface area contributed by atoms with E-state index in [1.54, 1.807) is 25.4 Å². The summed E-state index contributed by atoms with van der Waals surface area (Å²) in [6.45, 7) is 3.21. The van der Waals surface area contributed by atoms with E-state index >= 15 is 0 Å². The van der Waals surface area contributed by atoms with E-state index in [2.05, 4.69) is 10.3 Å². The van der Waals surface area contributed by atoms with Gasteiger partial charge in [0.05, 0.1) is 37.1 Å². The summed E-state index contributed by atoms with van der Waals surface area (Å²) in [7, 11) is 1.61.